The highest BCUT2D eigenvalue weighted by molar-refractivity contribution is 6.08. The third-order valence-corrected chi connectivity index (χ3v) is 1.90. The van der Waals surface area contributed by atoms with Crippen LogP contribution in [0.4, 0.5) is 5.69 Å². The molecule has 0 spiro atoms. The zero-order chi connectivity index (χ0) is 12.1. The van der Waals surface area contributed by atoms with Crippen molar-refractivity contribution in [3.8, 4) is 0 Å². The lowest BCUT2D eigenvalue weighted by atomic mass is 10.1. The molecule has 0 bridgehead atoms. The van der Waals surface area contributed by atoms with E-state index in [0.717, 1.165) is 0 Å². The summed E-state index contributed by atoms with van der Waals surface area (Å²) >= 11 is 0. The van der Waals surface area contributed by atoms with Crippen LogP contribution < -0.4 is 11.5 Å². The Morgan fingerprint density at radius 3 is 2.69 bits per heavy atom. The Hall–Kier alpha value is -2.30. The summed E-state index contributed by atoms with van der Waals surface area (Å²) in [6, 6.07) is 4.47. The minimum absolute atomic E-state index is 0.0171. The van der Waals surface area contributed by atoms with E-state index in [4.69, 9.17) is 16.2 Å². The van der Waals surface area contributed by atoms with Crippen LogP contribution in [0.25, 0.3) is 0 Å². The number of primary amides is 1. The molecule has 0 heterocycles. The maximum absolute atomic E-state index is 11.5. The highest BCUT2D eigenvalue weighted by Gasteiger charge is 2.18. The fraction of sp³-hybridized carbons (Fsp3) is 0.0909. The number of anilines is 1. The van der Waals surface area contributed by atoms with Gasteiger partial charge in [-0.3, -0.25) is 4.79 Å². The number of carbonyl (C=O) groups is 2. The van der Waals surface area contributed by atoms with Crippen molar-refractivity contribution in [2.45, 2.75) is 0 Å². The van der Waals surface area contributed by atoms with Gasteiger partial charge in [0, 0.05) is 5.69 Å². The summed E-state index contributed by atoms with van der Waals surface area (Å²) in [4.78, 5) is 22.7. The Labute approximate surface area is 92.7 Å². The highest BCUT2D eigenvalue weighted by Crippen LogP contribution is 2.17. The maximum atomic E-state index is 11.5. The molecule has 0 aromatic heterocycles. The first-order valence-electron chi connectivity index (χ1n) is 4.54. The number of nitrogen functional groups attached to an aromatic ring is 1. The molecule has 1 amide bonds. The van der Waals surface area contributed by atoms with Crippen LogP contribution in [0.2, 0.25) is 0 Å². The third kappa shape index (κ3) is 2.38. The fourth-order valence-corrected chi connectivity index (χ4v) is 1.23. The van der Waals surface area contributed by atoms with E-state index in [9.17, 15) is 9.59 Å². The summed E-state index contributed by atoms with van der Waals surface area (Å²) < 4.78 is 4.80. The molecule has 1 aromatic carbocycles. The van der Waals surface area contributed by atoms with Gasteiger partial charge in [0.2, 0.25) is 0 Å². The van der Waals surface area contributed by atoms with E-state index >= 15 is 0 Å². The molecule has 5 nitrogen and oxygen atoms in total. The predicted molar refractivity (Wildman–Crippen MR) is 59.9 cm³/mol. The van der Waals surface area contributed by atoms with Gasteiger partial charge in [-0.15, -0.1) is 0 Å². The van der Waals surface area contributed by atoms with Gasteiger partial charge in [-0.25, -0.2) is 4.79 Å². The van der Waals surface area contributed by atoms with Gasteiger partial charge in [-0.2, -0.15) is 0 Å². The van der Waals surface area contributed by atoms with E-state index in [1.807, 2.05) is 0 Å². The molecule has 16 heavy (non-hydrogen) atoms. The predicted octanol–water partition coefficient (Wildman–Crippen LogP) is 0.711. The smallest absolute Gasteiger partial charge is 0.339 e. The SMILES string of the molecule is C=CCOC(=O)c1cccc(N)c1C(N)=O. The Bertz CT molecular complexity index is 441. The van der Waals surface area contributed by atoms with Gasteiger partial charge >= 0.3 is 5.97 Å². The van der Waals surface area contributed by atoms with Gasteiger partial charge in [0.25, 0.3) is 5.91 Å². The number of esters is 1. The fourth-order valence-electron chi connectivity index (χ4n) is 1.23. The van der Waals surface area contributed by atoms with E-state index in [2.05, 4.69) is 6.58 Å². The second kappa shape index (κ2) is 4.97. The normalized spacial score (nSPS) is 9.50. The standard InChI is InChI=1S/C11H12N2O3/c1-2-6-16-11(15)7-4-3-5-8(12)9(7)10(13)14/h2-5H,1,6,12H2,(H2,13,14). The summed E-state index contributed by atoms with van der Waals surface area (Å²) in [5.41, 5.74) is 10.9. The molecule has 0 aliphatic heterocycles. The number of hydrogen-bond donors (Lipinski definition) is 2. The van der Waals surface area contributed by atoms with Crippen LogP contribution in [0, 0.1) is 0 Å². The van der Waals surface area contributed by atoms with Gasteiger partial charge in [-0.05, 0) is 12.1 Å². The lowest BCUT2D eigenvalue weighted by molar-refractivity contribution is 0.0546. The Morgan fingerprint density at radius 2 is 2.12 bits per heavy atom. The molecule has 1 rings (SSSR count). The number of benzene rings is 1. The molecule has 0 aliphatic carbocycles. The quantitative estimate of drug-likeness (QED) is 0.443. The summed E-state index contributed by atoms with van der Waals surface area (Å²) in [7, 11) is 0. The van der Waals surface area contributed by atoms with E-state index in [-0.39, 0.29) is 23.4 Å². The van der Waals surface area contributed by atoms with E-state index < -0.39 is 11.9 Å². The van der Waals surface area contributed by atoms with Gasteiger partial charge in [0.05, 0.1) is 11.1 Å². The van der Waals surface area contributed by atoms with Crippen LogP contribution in [0.15, 0.2) is 30.9 Å². The Balaban J connectivity index is 3.12. The summed E-state index contributed by atoms with van der Waals surface area (Å²) in [6.45, 7) is 3.47. The van der Waals surface area contributed by atoms with Crippen molar-refractivity contribution < 1.29 is 14.3 Å². The van der Waals surface area contributed by atoms with Gasteiger partial charge in [0.15, 0.2) is 0 Å². The number of ether oxygens (including phenoxy) is 1. The van der Waals surface area contributed by atoms with Crippen LogP contribution in [0.1, 0.15) is 20.7 Å². The van der Waals surface area contributed by atoms with Crippen molar-refractivity contribution in [1.82, 2.24) is 0 Å². The topological polar surface area (TPSA) is 95.4 Å². The number of rotatable bonds is 4. The Morgan fingerprint density at radius 1 is 1.44 bits per heavy atom. The van der Waals surface area contributed by atoms with Crippen LogP contribution in [-0.4, -0.2) is 18.5 Å². The number of hydrogen-bond acceptors (Lipinski definition) is 4. The van der Waals surface area contributed by atoms with Crippen molar-refractivity contribution in [2.75, 3.05) is 12.3 Å². The minimum Gasteiger partial charge on any atom is -0.458 e. The second-order valence-corrected chi connectivity index (χ2v) is 3.02. The average Bonchev–Trinajstić information content (AvgIpc) is 2.24. The van der Waals surface area contributed by atoms with Gasteiger partial charge in [-0.1, -0.05) is 18.7 Å². The molecule has 5 heteroatoms. The molecule has 1 aromatic rings. The third-order valence-electron chi connectivity index (χ3n) is 1.90. The molecule has 0 unspecified atom stereocenters. The molecule has 4 N–H and O–H groups in total. The lowest BCUT2D eigenvalue weighted by Crippen LogP contribution is -2.19. The molecule has 84 valence electrons. The van der Waals surface area contributed by atoms with Crippen LogP contribution in [-0.2, 0) is 4.74 Å². The van der Waals surface area contributed by atoms with E-state index in [1.54, 1.807) is 6.07 Å². The lowest BCUT2D eigenvalue weighted by Gasteiger charge is -2.08. The zero-order valence-electron chi connectivity index (χ0n) is 8.60. The van der Waals surface area contributed by atoms with Gasteiger partial charge in [0.1, 0.15) is 6.61 Å². The molecule has 0 atom stereocenters. The average molecular weight is 220 g/mol. The first kappa shape index (κ1) is 11.8. The summed E-state index contributed by atoms with van der Waals surface area (Å²) in [5.74, 6) is -1.41. The summed E-state index contributed by atoms with van der Waals surface area (Å²) in [5, 5.41) is 0. The molecule has 0 fully saturated rings. The van der Waals surface area contributed by atoms with Crippen molar-refractivity contribution >= 4 is 17.6 Å². The van der Waals surface area contributed by atoms with Crippen molar-refractivity contribution in [1.29, 1.82) is 0 Å². The molecule has 0 saturated carbocycles. The first-order valence-corrected chi connectivity index (χ1v) is 4.54. The van der Waals surface area contributed by atoms with Crippen molar-refractivity contribution in [3.63, 3.8) is 0 Å². The molecule has 0 radical (unpaired) electrons. The van der Waals surface area contributed by atoms with Gasteiger partial charge < -0.3 is 16.2 Å². The highest BCUT2D eigenvalue weighted by atomic mass is 16.5. The molecule has 0 saturated heterocycles. The van der Waals surface area contributed by atoms with Crippen LogP contribution in [0.3, 0.4) is 0 Å². The zero-order valence-corrected chi connectivity index (χ0v) is 8.60. The number of nitrogens with two attached hydrogens (primary N) is 2. The second-order valence-electron chi connectivity index (χ2n) is 3.02. The summed E-state index contributed by atoms with van der Waals surface area (Å²) in [6.07, 6.45) is 1.42. The molecular weight excluding hydrogens is 208 g/mol. The number of amides is 1. The minimum atomic E-state index is -0.761. The Kier molecular flexibility index (Phi) is 3.66. The monoisotopic (exact) mass is 220 g/mol. The number of carbonyl (C=O) groups excluding carboxylic acids is 2. The van der Waals surface area contributed by atoms with E-state index in [1.165, 1.54) is 18.2 Å². The molecular formula is C11H12N2O3. The van der Waals surface area contributed by atoms with Crippen LogP contribution in [0.5, 0.6) is 0 Å². The first-order chi connectivity index (χ1) is 7.57. The molecule has 0 aliphatic rings. The van der Waals surface area contributed by atoms with Crippen LogP contribution >= 0.6 is 0 Å². The van der Waals surface area contributed by atoms with Crippen molar-refractivity contribution in [3.05, 3.63) is 42.0 Å². The largest absolute Gasteiger partial charge is 0.458 e. The van der Waals surface area contributed by atoms with Crippen molar-refractivity contribution in [2.24, 2.45) is 5.73 Å². The van der Waals surface area contributed by atoms with E-state index in [0.29, 0.717) is 0 Å². The maximum Gasteiger partial charge on any atom is 0.339 e.